The van der Waals surface area contributed by atoms with Crippen molar-refractivity contribution in [3.8, 4) is 0 Å². The van der Waals surface area contributed by atoms with Crippen molar-refractivity contribution < 1.29 is 9.59 Å². The highest BCUT2D eigenvalue weighted by atomic mass is 16.2. The van der Waals surface area contributed by atoms with Crippen LogP contribution in [0.5, 0.6) is 0 Å². The van der Waals surface area contributed by atoms with Crippen LogP contribution < -0.4 is 5.73 Å². The first-order valence-electron chi connectivity index (χ1n) is 11.4. The molecule has 2 N–H and O–H groups in total. The maximum atomic E-state index is 13.9. The summed E-state index contributed by atoms with van der Waals surface area (Å²) in [5, 5.41) is 0. The normalized spacial score (nSPS) is 28.0. The predicted octanol–water partition coefficient (Wildman–Crippen LogP) is 4.45. The number of hydrogen-bond acceptors (Lipinski definition) is 2. The van der Waals surface area contributed by atoms with E-state index in [1.165, 1.54) is 24.8 Å². The zero-order chi connectivity index (χ0) is 21.3. The molecule has 160 valence electrons. The minimum absolute atomic E-state index is 0.0486. The molecule has 1 aromatic carbocycles. The van der Waals surface area contributed by atoms with Gasteiger partial charge in [-0.1, -0.05) is 58.0 Å². The molecule has 2 saturated carbocycles. The molecule has 0 aromatic heterocycles. The Kier molecular flexibility index (Phi) is 6.70. The van der Waals surface area contributed by atoms with E-state index in [-0.39, 0.29) is 35.6 Å². The number of primary amides is 1. The van der Waals surface area contributed by atoms with Crippen LogP contribution in [0.25, 0.3) is 0 Å². The van der Waals surface area contributed by atoms with Gasteiger partial charge >= 0.3 is 0 Å². The predicted molar refractivity (Wildman–Crippen MR) is 117 cm³/mol. The Bertz CT molecular complexity index is 715. The molecule has 6 atom stereocenters. The average molecular weight is 399 g/mol. The third kappa shape index (κ3) is 4.08. The van der Waals surface area contributed by atoms with Crippen molar-refractivity contribution in [2.75, 3.05) is 6.54 Å². The largest absolute Gasteiger partial charge is 0.369 e. The van der Waals surface area contributed by atoms with Gasteiger partial charge in [0.15, 0.2) is 0 Å². The number of benzene rings is 1. The highest BCUT2D eigenvalue weighted by molar-refractivity contribution is 5.87. The Hall–Kier alpha value is -1.84. The number of rotatable bonds is 8. The molecule has 0 aliphatic heterocycles. The van der Waals surface area contributed by atoms with Gasteiger partial charge in [-0.25, -0.2) is 0 Å². The van der Waals surface area contributed by atoms with Crippen LogP contribution in [-0.2, 0) is 9.59 Å². The van der Waals surface area contributed by atoms with Gasteiger partial charge in [-0.3, -0.25) is 9.59 Å². The van der Waals surface area contributed by atoms with E-state index in [2.05, 4.69) is 42.2 Å². The molecule has 2 aliphatic carbocycles. The molecule has 0 spiro atoms. The van der Waals surface area contributed by atoms with Gasteiger partial charge in [0.1, 0.15) is 0 Å². The zero-order valence-corrected chi connectivity index (χ0v) is 18.7. The third-order valence-electron chi connectivity index (χ3n) is 7.48. The minimum Gasteiger partial charge on any atom is -0.369 e. The Labute approximate surface area is 176 Å². The summed E-state index contributed by atoms with van der Waals surface area (Å²) in [6.45, 7) is 10.9. The summed E-state index contributed by atoms with van der Waals surface area (Å²) in [7, 11) is 0. The molecule has 2 bridgehead atoms. The van der Waals surface area contributed by atoms with Crippen LogP contribution in [0.3, 0.4) is 0 Å². The second-order valence-electron chi connectivity index (χ2n) is 9.83. The molecule has 2 aliphatic rings. The number of nitrogens with zero attached hydrogens (tertiary/aromatic N) is 1. The number of nitrogens with two attached hydrogens (primary N) is 1. The summed E-state index contributed by atoms with van der Waals surface area (Å²) in [6, 6.07) is 10.9. The lowest BCUT2D eigenvalue weighted by atomic mass is 9.74. The number of hydrogen-bond donors (Lipinski definition) is 1. The molecule has 4 nitrogen and oxygen atoms in total. The summed E-state index contributed by atoms with van der Waals surface area (Å²) >= 11 is 0. The summed E-state index contributed by atoms with van der Waals surface area (Å²) < 4.78 is 0. The van der Waals surface area contributed by atoms with Crippen molar-refractivity contribution >= 4 is 11.8 Å². The fourth-order valence-electron chi connectivity index (χ4n) is 6.33. The van der Waals surface area contributed by atoms with E-state index < -0.39 is 5.92 Å². The van der Waals surface area contributed by atoms with Crippen molar-refractivity contribution in [1.29, 1.82) is 0 Å². The zero-order valence-electron chi connectivity index (χ0n) is 18.7. The molecular weight excluding hydrogens is 360 g/mol. The molecule has 3 rings (SSSR count). The lowest BCUT2D eigenvalue weighted by Crippen LogP contribution is -2.53. The van der Waals surface area contributed by atoms with Gasteiger partial charge in [0.05, 0.1) is 11.8 Å². The molecule has 29 heavy (non-hydrogen) atoms. The second kappa shape index (κ2) is 8.89. The maximum absolute atomic E-state index is 13.9. The maximum Gasteiger partial charge on any atom is 0.227 e. The fourth-order valence-corrected chi connectivity index (χ4v) is 6.33. The van der Waals surface area contributed by atoms with E-state index in [9.17, 15) is 9.59 Å². The van der Waals surface area contributed by atoms with Crippen molar-refractivity contribution in [2.45, 2.75) is 65.8 Å². The van der Waals surface area contributed by atoms with Gasteiger partial charge in [0.25, 0.3) is 0 Å². The van der Waals surface area contributed by atoms with Gasteiger partial charge in [-0.15, -0.1) is 0 Å². The Balaban J connectivity index is 1.96. The minimum atomic E-state index is -0.426. The van der Waals surface area contributed by atoms with Crippen LogP contribution in [0.1, 0.15) is 65.4 Å². The molecule has 0 saturated heterocycles. The molecule has 1 aromatic rings. The monoisotopic (exact) mass is 398 g/mol. The fraction of sp³-hybridized carbons (Fsp3) is 0.680. The van der Waals surface area contributed by atoms with Crippen LogP contribution in [0.2, 0.25) is 0 Å². The van der Waals surface area contributed by atoms with Crippen molar-refractivity contribution in [2.24, 2.45) is 41.2 Å². The van der Waals surface area contributed by atoms with E-state index in [1.54, 1.807) is 0 Å². The van der Waals surface area contributed by atoms with Gasteiger partial charge in [-0.05, 0) is 55.4 Å². The lowest BCUT2D eigenvalue weighted by molar-refractivity contribution is -0.147. The van der Waals surface area contributed by atoms with Crippen molar-refractivity contribution in [3.05, 3.63) is 35.9 Å². The molecule has 2 fully saturated rings. The van der Waals surface area contributed by atoms with Crippen LogP contribution in [0, 0.1) is 35.5 Å². The quantitative estimate of drug-likeness (QED) is 0.703. The van der Waals surface area contributed by atoms with Crippen LogP contribution in [0.4, 0.5) is 0 Å². The third-order valence-corrected chi connectivity index (χ3v) is 7.48. The first-order chi connectivity index (χ1) is 13.8. The van der Waals surface area contributed by atoms with Crippen LogP contribution in [-0.4, -0.2) is 29.3 Å². The van der Waals surface area contributed by atoms with Crippen LogP contribution in [0.15, 0.2) is 30.3 Å². The van der Waals surface area contributed by atoms with E-state index >= 15 is 0 Å². The Morgan fingerprint density at radius 3 is 2.10 bits per heavy atom. The molecule has 5 unspecified atom stereocenters. The first-order valence-corrected chi connectivity index (χ1v) is 11.4. The highest BCUT2D eigenvalue weighted by Crippen LogP contribution is 2.55. The number of amides is 2. The van der Waals surface area contributed by atoms with Crippen molar-refractivity contribution in [1.82, 2.24) is 4.90 Å². The molecule has 0 heterocycles. The topological polar surface area (TPSA) is 63.4 Å². The number of likely N-dealkylation sites (N-methyl/N-ethyl adjacent to an activating group) is 1. The van der Waals surface area contributed by atoms with Gasteiger partial charge in [-0.2, -0.15) is 0 Å². The standard InChI is InChI=1S/C25H38N2O2/c1-6-27(25(29)21(16(4)5)20(15(2)3)24(26)28)23-19-13-12-18(14-19)22(23)17-10-8-7-9-11-17/h7-11,15-16,18-23H,6,12-14H2,1-5H3,(H2,26,28)/t18?,19?,20?,21-,22?,23?/m0/s1. The first kappa shape index (κ1) is 21.9. The SMILES string of the molecule is CCN(C(=O)[C@@H](C(C)C)C(C(N)=O)C(C)C)C1C2CCC(C2)C1c1ccccc1. The summed E-state index contributed by atoms with van der Waals surface area (Å²) in [4.78, 5) is 28.3. The van der Waals surface area contributed by atoms with Gasteiger partial charge < -0.3 is 10.6 Å². The summed E-state index contributed by atoms with van der Waals surface area (Å²) in [6.07, 6.45) is 3.68. The van der Waals surface area contributed by atoms with Crippen molar-refractivity contribution in [3.63, 3.8) is 0 Å². The highest BCUT2D eigenvalue weighted by Gasteiger charge is 2.52. The summed E-state index contributed by atoms with van der Waals surface area (Å²) in [5.41, 5.74) is 7.13. The van der Waals surface area contributed by atoms with E-state index in [1.807, 2.05) is 27.7 Å². The molecule has 0 radical (unpaired) electrons. The number of carbonyl (C=O) groups excluding carboxylic acids is 2. The Morgan fingerprint density at radius 2 is 1.59 bits per heavy atom. The summed E-state index contributed by atoms with van der Waals surface area (Å²) in [5.74, 6) is 0.731. The lowest BCUT2D eigenvalue weighted by Gasteiger charge is -2.43. The van der Waals surface area contributed by atoms with Crippen LogP contribution >= 0.6 is 0 Å². The van der Waals surface area contributed by atoms with E-state index in [0.717, 1.165) is 0 Å². The molecule has 2 amide bonds. The van der Waals surface area contributed by atoms with Gasteiger partial charge in [0.2, 0.25) is 11.8 Å². The van der Waals surface area contributed by atoms with Gasteiger partial charge in [0, 0.05) is 18.5 Å². The Morgan fingerprint density at radius 1 is 1.00 bits per heavy atom. The average Bonchev–Trinajstić information content (AvgIpc) is 3.28. The smallest absolute Gasteiger partial charge is 0.227 e. The number of carbonyl (C=O) groups is 2. The second-order valence-corrected chi connectivity index (χ2v) is 9.83. The molecular formula is C25H38N2O2. The van der Waals surface area contributed by atoms with E-state index in [0.29, 0.717) is 24.3 Å². The van der Waals surface area contributed by atoms with E-state index in [4.69, 9.17) is 5.73 Å². The molecule has 4 heteroatoms. The number of fused-ring (bicyclic) bond motifs is 2.